The third kappa shape index (κ3) is 9.64. The van der Waals surface area contributed by atoms with Crippen molar-refractivity contribution in [2.75, 3.05) is 39.3 Å². The molecule has 2 amide bonds. The van der Waals surface area contributed by atoms with Gasteiger partial charge in [-0.3, -0.25) is 24.5 Å². The number of rotatable bonds is 18. The van der Waals surface area contributed by atoms with E-state index in [0.717, 1.165) is 28.7 Å². The molecule has 0 unspecified atom stereocenters. The van der Waals surface area contributed by atoms with E-state index in [1.807, 2.05) is 41.4 Å². The topological polar surface area (TPSA) is 201 Å². The highest BCUT2D eigenvalue weighted by atomic mass is 16.5. The number of hydrogen-bond acceptors (Lipinski definition) is 12. The molecule has 0 spiro atoms. The maximum Gasteiger partial charge on any atom is 0.407 e. The molecule has 0 radical (unpaired) electrons. The van der Waals surface area contributed by atoms with Crippen molar-refractivity contribution in [2.45, 2.75) is 88.7 Å². The summed E-state index contributed by atoms with van der Waals surface area (Å²) >= 11 is 0. The van der Waals surface area contributed by atoms with Gasteiger partial charge in [-0.1, -0.05) is 48.5 Å². The number of carbonyl (C=O) groups excluding carboxylic acids is 5. The lowest BCUT2D eigenvalue weighted by Gasteiger charge is -2.33. The van der Waals surface area contributed by atoms with Crippen LogP contribution >= 0.6 is 0 Å². The van der Waals surface area contributed by atoms with E-state index in [1.54, 1.807) is 11.8 Å². The van der Waals surface area contributed by atoms with Gasteiger partial charge in [-0.25, -0.2) is 15.2 Å². The van der Waals surface area contributed by atoms with Crippen molar-refractivity contribution in [3.8, 4) is 11.1 Å². The predicted octanol–water partition coefficient (Wildman–Crippen LogP) is 1.13. The van der Waals surface area contributed by atoms with Crippen LogP contribution in [0.4, 0.5) is 4.79 Å². The smallest absolute Gasteiger partial charge is 0.407 e. The Morgan fingerprint density at radius 1 is 0.882 bits per heavy atom. The van der Waals surface area contributed by atoms with Crippen LogP contribution in [-0.4, -0.2) is 109 Å². The summed E-state index contributed by atoms with van der Waals surface area (Å²) in [5, 5.41) is 10.3. The van der Waals surface area contributed by atoms with Crippen LogP contribution in [0.5, 0.6) is 0 Å². The molecule has 3 aliphatic rings. The average Bonchev–Trinajstić information content (AvgIpc) is 3.87. The summed E-state index contributed by atoms with van der Waals surface area (Å²) < 4.78 is 5.53. The quantitative estimate of drug-likeness (QED) is 0.0956. The van der Waals surface area contributed by atoms with Crippen molar-refractivity contribution >= 4 is 29.4 Å². The number of alkyl carbamates (subject to hydrolysis) is 1. The highest BCUT2D eigenvalue weighted by Crippen LogP contribution is 2.44. The van der Waals surface area contributed by atoms with E-state index in [-0.39, 0.29) is 48.9 Å². The first-order chi connectivity index (χ1) is 24.5. The molecule has 51 heavy (non-hydrogen) atoms. The number of fused-ring (bicyclic) bond motifs is 3. The Kier molecular flexibility index (Phi) is 13.4. The van der Waals surface area contributed by atoms with Crippen LogP contribution in [0.25, 0.3) is 11.1 Å². The Morgan fingerprint density at radius 3 is 2.20 bits per heavy atom. The second-order valence-corrected chi connectivity index (χ2v) is 13.7. The first-order valence-electron chi connectivity index (χ1n) is 18.0. The molecular weight excluding hydrogens is 652 g/mol. The van der Waals surface area contributed by atoms with Crippen molar-refractivity contribution in [3.05, 3.63) is 59.7 Å². The van der Waals surface area contributed by atoms with E-state index in [1.165, 1.54) is 6.92 Å². The minimum absolute atomic E-state index is 0.0254. The maximum absolute atomic E-state index is 13.8. The molecule has 276 valence electrons. The van der Waals surface area contributed by atoms with Crippen molar-refractivity contribution in [1.82, 2.24) is 31.3 Å². The normalized spacial score (nSPS) is 19.8. The summed E-state index contributed by atoms with van der Waals surface area (Å²) in [5.41, 5.74) is 18.8. The standard InChI is InChI=1S/C37H52N8O6/c1-23(33(47)20-42-37(50)51-22-29-27-12-5-3-10-25(27)26-11-4-6-13-28(26)29)41-21-34(48)31-15-8-18-44(31)35(49)32-16-9-19-45(32)43-30(24(2)46)14-7-17-40-36(38)39/h3-6,10-13,23,29-32,36,40-41,43H,7-9,14-22,38-39H2,1-2H3,(H,42,50)/t23-,30-,31-,32-/m0/s1. The summed E-state index contributed by atoms with van der Waals surface area (Å²) in [5.74, 6) is -0.722. The van der Waals surface area contributed by atoms with Gasteiger partial charge < -0.3 is 31.7 Å². The van der Waals surface area contributed by atoms with E-state index in [0.29, 0.717) is 51.7 Å². The molecule has 2 aliphatic heterocycles. The first kappa shape index (κ1) is 38.2. The molecule has 2 fully saturated rings. The monoisotopic (exact) mass is 704 g/mol. The van der Waals surface area contributed by atoms with Crippen LogP contribution in [0.1, 0.15) is 69.4 Å². The molecule has 0 aromatic heterocycles. The fourth-order valence-corrected chi connectivity index (χ4v) is 7.32. The Morgan fingerprint density at radius 2 is 1.53 bits per heavy atom. The van der Waals surface area contributed by atoms with E-state index in [2.05, 4.69) is 33.5 Å². The Hall–Kier alpha value is -4.05. The molecule has 4 atom stereocenters. The van der Waals surface area contributed by atoms with Crippen LogP contribution < -0.4 is 32.8 Å². The SMILES string of the molecule is CC(=O)[C@H](CCCNC(N)N)NN1CCC[C@H]1C(=O)N1CCC[C@H]1C(=O)CN[C@@H](C)C(=O)CNC(=O)OCC1c2ccccc2-c2ccccc21. The van der Waals surface area contributed by atoms with E-state index in [4.69, 9.17) is 16.2 Å². The first-order valence-corrected chi connectivity index (χ1v) is 18.0. The van der Waals surface area contributed by atoms with Gasteiger partial charge in [0.2, 0.25) is 5.91 Å². The predicted molar refractivity (Wildman–Crippen MR) is 192 cm³/mol. The van der Waals surface area contributed by atoms with Crippen molar-refractivity contribution < 1.29 is 28.7 Å². The molecule has 5 rings (SSSR count). The number of nitrogens with one attached hydrogen (secondary N) is 4. The summed E-state index contributed by atoms with van der Waals surface area (Å²) in [7, 11) is 0. The summed E-state index contributed by atoms with van der Waals surface area (Å²) in [6.07, 6.45) is 2.58. The Bertz CT molecular complexity index is 1520. The van der Waals surface area contributed by atoms with Crippen LogP contribution in [0.15, 0.2) is 48.5 Å². The van der Waals surface area contributed by atoms with Gasteiger partial charge >= 0.3 is 6.09 Å². The zero-order valence-corrected chi connectivity index (χ0v) is 29.6. The van der Waals surface area contributed by atoms with Gasteiger partial charge in [-0.15, -0.1) is 0 Å². The number of likely N-dealkylation sites (tertiary alicyclic amines) is 1. The van der Waals surface area contributed by atoms with Gasteiger partial charge in [0.25, 0.3) is 0 Å². The molecule has 2 heterocycles. The van der Waals surface area contributed by atoms with Crippen LogP contribution in [0.2, 0.25) is 0 Å². The van der Waals surface area contributed by atoms with Crippen LogP contribution in [0.3, 0.4) is 0 Å². The van der Waals surface area contributed by atoms with Crippen LogP contribution in [-0.2, 0) is 23.9 Å². The summed E-state index contributed by atoms with van der Waals surface area (Å²) in [6, 6.07) is 13.9. The lowest BCUT2D eigenvalue weighted by molar-refractivity contribution is -0.142. The van der Waals surface area contributed by atoms with E-state index >= 15 is 0 Å². The molecule has 2 aromatic carbocycles. The van der Waals surface area contributed by atoms with Gasteiger partial charge in [0.1, 0.15) is 24.7 Å². The van der Waals surface area contributed by atoms with Gasteiger partial charge in [-0.2, -0.15) is 0 Å². The molecule has 0 bridgehead atoms. The molecule has 1 aliphatic carbocycles. The number of carbonyl (C=O) groups is 5. The Labute approximate surface area is 299 Å². The van der Waals surface area contributed by atoms with Crippen molar-refractivity contribution in [3.63, 3.8) is 0 Å². The third-order valence-corrected chi connectivity index (χ3v) is 10.1. The zero-order valence-electron chi connectivity index (χ0n) is 29.6. The fraction of sp³-hybridized carbons (Fsp3) is 0.541. The number of ether oxygens (including phenoxy) is 1. The maximum atomic E-state index is 13.8. The van der Waals surface area contributed by atoms with Gasteiger partial charge in [0.05, 0.1) is 31.2 Å². The van der Waals surface area contributed by atoms with Crippen LogP contribution in [0, 0.1) is 0 Å². The molecule has 2 saturated heterocycles. The third-order valence-electron chi connectivity index (χ3n) is 10.1. The Balaban J connectivity index is 1.05. The zero-order chi connectivity index (χ0) is 36.5. The minimum Gasteiger partial charge on any atom is -0.449 e. The lowest BCUT2D eigenvalue weighted by atomic mass is 9.98. The summed E-state index contributed by atoms with van der Waals surface area (Å²) in [4.78, 5) is 66.5. The second-order valence-electron chi connectivity index (χ2n) is 13.7. The number of hydrogen-bond donors (Lipinski definition) is 6. The average molecular weight is 705 g/mol. The number of hydrazine groups is 1. The van der Waals surface area contributed by atoms with E-state index < -0.39 is 36.6 Å². The number of Topliss-reactive ketones (excluding diaryl/α,β-unsaturated/α-hetero) is 3. The molecule has 8 N–H and O–H groups in total. The fourth-order valence-electron chi connectivity index (χ4n) is 7.32. The van der Waals surface area contributed by atoms with E-state index in [9.17, 15) is 24.0 Å². The number of nitrogens with two attached hydrogens (primary N) is 2. The summed E-state index contributed by atoms with van der Waals surface area (Å²) in [6.45, 7) is 4.61. The van der Waals surface area contributed by atoms with Crippen molar-refractivity contribution in [2.24, 2.45) is 11.5 Å². The van der Waals surface area contributed by atoms with Gasteiger partial charge in [0.15, 0.2) is 11.6 Å². The van der Waals surface area contributed by atoms with Crippen molar-refractivity contribution in [1.29, 1.82) is 0 Å². The number of nitrogens with zero attached hydrogens (tertiary/aromatic N) is 2. The van der Waals surface area contributed by atoms with Gasteiger partial charge in [-0.05, 0) is 81.2 Å². The highest BCUT2D eigenvalue weighted by Gasteiger charge is 2.41. The van der Waals surface area contributed by atoms with Gasteiger partial charge in [0, 0.05) is 19.0 Å². The highest BCUT2D eigenvalue weighted by molar-refractivity contribution is 5.93. The second kappa shape index (κ2) is 17.9. The molecule has 2 aromatic rings. The molecular formula is C37H52N8O6. The minimum atomic E-state index is -0.706. The number of ketones is 3. The molecule has 0 saturated carbocycles. The number of amides is 2. The largest absolute Gasteiger partial charge is 0.449 e. The molecule has 14 nitrogen and oxygen atoms in total. The lowest BCUT2D eigenvalue weighted by Crippen LogP contribution is -2.57. The number of benzene rings is 2. The molecule has 14 heteroatoms.